The molecular weight excluding hydrogens is 192 g/mol. The molecule has 0 radical (unpaired) electrons. The molecule has 14 heavy (non-hydrogen) atoms. The Morgan fingerprint density at radius 2 is 2.43 bits per heavy atom. The molecule has 0 aromatic carbocycles. The van der Waals surface area contributed by atoms with Gasteiger partial charge in [-0.25, -0.2) is 0 Å². The van der Waals surface area contributed by atoms with Gasteiger partial charge in [0.15, 0.2) is 0 Å². The highest BCUT2D eigenvalue weighted by Gasteiger charge is 2.17. The molecule has 0 aliphatic carbocycles. The lowest BCUT2D eigenvalue weighted by atomic mass is 10.1. The van der Waals surface area contributed by atoms with Crippen molar-refractivity contribution < 1.29 is 0 Å². The third-order valence-electron chi connectivity index (χ3n) is 2.74. The van der Waals surface area contributed by atoms with Crippen molar-refractivity contribution in [3.63, 3.8) is 0 Å². The number of nitrogens with two attached hydrogens (primary N) is 1. The van der Waals surface area contributed by atoms with E-state index in [1.54, 1.807) is 4.88 Å². The van der Waals surface area contributed by atoms with Crippen LogP contribution in [0.15, 0.2) is 6.07 Å². The molecule has 1 aliphatic rings. The molecule has 0 spiro atoms. The van der Waals surface area contributed by atoms with E-state index >= 15 is 0 Å². The lowest BCUT2D eigenvalue weighted by Gasteiger charge is -2.25. The number of hydrogen-bond donors (Lipinski definition) is 1. The minimum atomic E-state index is 0.700. The van der Waals surface area contributed by atoms with Crippen LogP contribution >= 0.6 is 11.3 Å². The Morgan fingerprint density at radius 3 is 3.14 bits per heavy atom. The SMILES string of the molecule is CCCN1CCc2sc(CN)cc2C1. The van der Waals surface area contributed by atoms with E-state index in [9.17, 15) is 0 Å². The smallest absolute Gasteiger partial charge is 0.0274 e. The molecule has 2 nitrogen and oxygen atoms in total. The van der Waals surface area contributed by atoms with Gasteiger partial charge in [-0.2, -0.15) is 0 Å². The van der Waals surface area contributed by atoms with E-state index in [1.807, 2.05) is 11.3 Å². The van der Waals surface area contributed by atoms with Crippen molar-refractivity contribution in [2.45, 2.75) is 32.9 Å². The first-order chi connectivity index (χ1) is 6.83. The van der Waals surface area contributed by atoms with Crippen molar-refractivity contribution in [2.24, 2.45) is 5.73 Å². The minimum Gasteiger partial charge on any atom is -0.326 e. The molecule has 0 fully saturated rings. The summed E-state index contributed by atoms with van der Waals surface area (Å²) in [5.74, 6) is 0. The summed E-state index contributed by atoms with van der Waals surface area (Å²) in [6, 6.07) is 2.29. The van der Waals surface area contributed by atoms with Gasteiger partial charge in [-0.15, -0.1) is 11.3 Å². The first-order valence-electron chi connectivity index (χ1n) is 5.36. The van der Waals surface area contributed by atoms with E-state index in [0.717, 1.165) is 6.54 Å². The lowest BCUT2D eigenvalue weighted by Crippen LogP contribution is -2.30. The van der Waals surface area contributed by atoms with E-state index in [0.29, 0.717) is 6.54 Å². The molecule has 2 N–H and O–H groups in total. The zero-order valence-electron chi connectivity index (χ0n) is 8.75. The highest BCUT2D eigenvalue weighted by Crippen LogP contribution is 2.27. The largest absolute Gasteiger partial charge is 0.326 e. The van der Waals surface area contributed by atoms with Crippen LogP contribution in [0.3, 0.4) is 0 Å². The quantitative estimate of drug-likeness (QED) is 0.826. The fraction of sp³-hybridized carbons (Fsp3) is 0.636. The first-order valence-corrected chi connectivity index (χ1v) is 6.18. The van der Waals surface area contributed by atoms with Crippen molar-refractivity contribution in [3.05, 3.63) is 21.4 Å². The second kappa shape index (κ2) is 4.43. The average molecular weight is 210 g/mol. The van der Waals surface area contributed by atoms with Crippen LogP contribution in [0.4, 0.5) is 0 Å². The third kappa shape index (κ3) is 2.00. The van der Waals surface area contributed by atoms with Gasteiger partial charge in [0.25, 0.3) is 0 Å². The predicted molar refractivity (Wildman–Crippen MR) is 61.5 cm³/mol. The summed E-state index contributed by atoms with van der Waals surface area (Å²) in [6.07, 6.45) is 2.48. The number of rotatable bonds is 3. The molecule has 0 bridgehead atoms. The van der Waals surface area contributed by atoms with Gasteiger partial charge in [0.2, 0.25) is 0 Å². The van der Waals surface area contributed by atoms with Gasteiger partial charge >= 0.3 is 0 Å². The van der Waals surface area contributed by atoms with E-state index in [2.05, 4.69) is 17.9 Å². The Morgan fingerprint density at radius 1 is 1.57 bits per heavy atom. The standard InChI is InChI=1S/C11H18N2S/c1-2-4-13-5-3-11-9(8-13)6-10(7-12)14-11/h6H,2-5,7-8,12H2,1H3. The van der Waals surface area contributed by atoms with Gasteiger partial charge in [0.1, 0.15) is 0 Å². The molecule has 0 amide bonds. The maximum atomic E-state index is 5.65. The number of nitrogens with zero attached hydrogens (tertiary/aromatic N) is 1. The molecule has 1 aliphatic heterocycles. The highest BCUT2D eigenvalue weighted by molar-refractivity contribution is 7.12. The number of hydrogen-bond acceptors (Lipinski definition) is 3. The normalized spacial score (nSPS) is 17.0. The fourth-order valence-electron chi connectivity index (χ4n) is 2.06. The maximum absolute atomic E-state index is 5.65. The van der Waals surface area contributed by atoms with E-state index < -0.39 is 0 Å². The van der Waals surface area contributed by atoms with Gasteiger partial charge < -0.3 is 5.73 Å². The molecule has 0 unspecified atom stereocenters. The lowest BCUT2D eigenvalue weighted by molar-refractivity contribution is 0.256. The average Bonchev–Trinajstić information content (AvgIpc) is 2.60. The summed E-state index contributed by atoms with van der Waals surface area (Å²) < 4.78 is 0. The van der Waals surface area contributed by atoms with Gasteiger partial charge in [-0.1, -0.05) is 6.92 Å². The summed E-state index contributed by atoms with van der Waals surface area (Å²) in [5, 5.41) is 0. The van der Waals surface area contributed by atoms with Crippen molar-refractivity contribution in [1.29, 1.82) is 0 Å². The molecule has 3 heteroatoms. The van der Waals surface area contributed by atoms with Crippen LogP contribution < -0.4 is 5.73 Å². The second-order valence-electron chi connectivity index (χ2n) is 3.89. The monoisotopic (exact) mass is 210 g/mol. The van der Waals surface area contributed by atoms with Gasteiger partial charge in [-0.3, -0.25) is 4.90 Å². The summed E-state index contributed by atoms with van der Waals surface area (Å²) in [7, 11) is 0. The molecule has 0 atom stereocenters. The van der Waals surface area contributed by atoms with Crippen molar-refractivity contribution in [3.8, 4) is 0 Å². The van der Waals surface area contributed by atoms with Gasteiger partial charge in [0, 0.05) is 29.4 Å². The molecule has 2 rings (SSSR count). The molecule has 1 aromatic heterocycles. The Kier molecular flexibility index (Phi) is 3.21. The fourth-order valence-corrected chi connectivity index (χ4v) is 3.11. The summed E-state index contributed by atoms with van der Waals surface area (Å²) in [6.45, 7) is 6.54. The van der Waals surface area contributed by atoms with Crippen molar-refractivity contribution in [1.82, 2.24) is 4.90 Å². The molecule has 78 valence electrons. The van der Waals surface area contributed by atoms with Gasteiger partial charge in [-0.05, 0) is 31.0 Å². The topological polar surface area (TPSA) is 29.3 Å². The Bertz CT molecular complexity index is 306. The van der Waals surface area contributed by atoms with E-state index in [1.165, 1.54) is 36.4 Å². The van der Waals surface area contributed by atoms with Crippen LogP contribution in [0, 0.1) is 0 Å². The minimum absolute atomic E-state index is 0.700. The van der Waals surface area contributed by atoms with E-state index in [4.69, 9.17) is 5.73 Å². The first kappa shape index (κ1) is 10.1. The summed E-state index contributed by atoms with van der Waals surface area (Å²) in [4.78, 5) is 5.45. The van der Waals surface area contributed by atoms with Crippen LogP contribution in [0.25, 0.3) is 0 Å². The molecule has 2 heterocycles. The predicted octanol–water partition coefficient (Wildman–Crippen LogP) is 1.97. The summed E-state index contributed by atoms with van der Waals surface area (Å²) in [5.41, 5.74) is 7.18. The maximum Gasteiger partial charge on any atom is 0.0274 e. The number of fused-ring (bicyclic) bond motifs is 1. The van der Waals surface area contributed by atoms with Crippen LogP contribution in [0.2, 0.25) is 0 Å². The molecule has 1 aromatic rings. The number of thiophene rings is 1. The van der Waals surface area contributed by atoms with Crippen LogP contribution in [-0.4, -0.2) is 18.0 Å². The molecule has 0 saturated carbocycles. The van der Waals surface area contributed by atoms with Crippen LogP contribution in [-0.2, 0) is 19.5 Å². The zero-order valence-corrected chi connectivity index (χ0v) is 9.57. The van der Waals surface area contributed by atoms with Crippen molar-refractivity contribution in [2.75, 3.05) is 13.1 Å². The van der Waals surface area contributed by atoms with E-state index in [-0.39, 0.29) is 0 Å². The van der Waals surface area contributed by atoms with Crippen molar-refractivity contribution >= 4 is 11.3 Å². The Balaban J connectivity index is 2.09. The van der Waals surface area contributed by atoms with Crippen LogP contribution in [0.5, 0.6) is 0 Å². The molecule has 0 saturated heterocycles. The van der Waals surface area contributed by atoms with Gasteiger partial charge in [0.05, 0.1) is 0 Å². The zero-order chi connectivity index (χ0) is 9.97. The van der Waals surface area contributed by atoms with Crippen LogP contribution in [0.1, 0.15) is 28.7 Å². The third-order valence-corrected chi connectivity index (χ3v) is 4.00. The summed E-state index contributed by atoms with van der Waals surface area (Å²) >= 11 is 1.90. The molecular formula is C11H18N2S. The highest BCUT2D eigenvalue weighted by atomic mass is 32.1. The second-order valence-corrected chi connectivity index (χ2v) is 5.11. The Hall–Kier alpha value is -0.380. The Labute approximate surface area is 89.7 Å².